The molecule has 146 valence electrons. The van der Waals surface area contributed by atoms with Gasteiger partial charge in [-0.25, -0.2) is 4.39 Å². The first-order chi connectivity index (χ1) is 13.5. The minimum absolute atomic E-state index is 0.139. The molecule has 0 unspecified atom stereocenters. The first kappa shape index (κ1) is 19.8. The predicted molar refractivity (Wildman–Crippen MR) is 109 cm³/mol. The average Bonchev–Trinajstić information content (AvgIpc) is 2.96. The maximum atomic E-state index is 13.5. The summed E-state index contributed by atoms with van der Waals surface area (Å²) in [7, 11) is 0. The van der Waals surface area contributed by atoms with E-state index in [1.165, 1.54) is 12.1 Å². The van der Waals surface area contributed by atoms with E-state index in [1.807, 2.05) is 38.1 Å². The van der Waals surface area contributed by atoms with Crippen LogP contribution in [0.5, 0.6) is 0 Å². The second kappa shape index (κ2) is 8.85. The minimum Gasteiger partial charge on any atom is -0.369 e. The molecule has 1 heterocycles. The van der Waals surface area contributed by atoms with Crippen molar-refractivity contribution in [1.82, 2.24) is 4.90 Å². The van der Waals surface area contributed by atoms with Gasteiger partial charge in [-0.15, -0.1) is 0 Å². The zero-order valence-corrected chi connectivity index (χ0v) is 16.3. The van der Waals surface area contributed by atoms with Crippen LogP contribution in [0, 0.1) is 24.1 Å². The monoisotopic (exact) mass is 380 g/mol. The van der Waals surface area contributed by atoms with Crippen LogP contribution in [0.1, 0.15) is 24.5 Å². The second-order valence-corrected chi connectivity index (χ2v) is 7.13. The number of carbonyl (C=O) groups excluding carboxylic acids is 1. The van der Waals surface area contributed by atoms with Gasteiger partial charge >= 0.3 is 0 Å². The lowest BCUT2D eigenvalue weighted by Crippen LogP contribution is -2.44. The van der Waals surface area contributed by atoms with Crippen molar-refractivity contribution in [2.24, 2.45) is 0 Å². The van der Waals surface area contributed by atoms with Crippen molar-refractivity contribution >= 4 is 17.3 Å². The van der Waals surface area contributed by atoms with Gasteiger partial charge in [-0.1, -0.05) is 18.2 Å². The largest absolute Gasteiger partial charge is 0.369 e. The molecule has 1 N–H and O–H groups in total. The molecule has 5 nitrogen and oxygen atoms in total. The number of hydrogen-bond acceptors (Lipinski definition) is 4. The third kappa shape index (κ3) is 4.49. The highest BCUT2D eigenvalue weighted by molar-refractivity contribution is 5.95. The number of nitrogens with one attached hydrogen (secondary N) is 1. The molecule has 0 bridgehead atoms. The molecule has 1 atom stereocenters. The van der Waals surface area contributed by atoms with E-state index in [0.717, 1.165) is 43.9 Å². The van der Waals surface area contributed by atoms with Crippen LogP contribution in [0.3, 0.4) is 0 Å². The number of nitriles is 1. The highest BCUT2D eigenvalue weighted by Crippen LogP contribution is 2.22. The molecule has 1 amide bonds. The summed E-state index contributed by atoms with van der Waals surface area (Å²) in [5.41, 5.74) is 2.95. The Morgan fingerprint density at radius 1 is 1.18 bits per heavy atom. The average molecular weight is 380 g/mol. The minimum atomic E-state index is -0.366. The molecule has 1 aliphatic heterocycles. The molecule has 0 spiro atoms. The number of nitrogens with zero attached hydrogens (tertiary/aromatic N) is 3. The van der Waals surface area contributed by atoms with E-state index in [-0.39, 0.29) is 17.8 Å². The van der Waals surface area contributed by atoms with Crippen molar-refractivity contribution in [3.8, 4) is 6.07 Å². The summed E-state index contributed by atoms with van der Waals surface area (Å²) in [6.07, 6.45) is 0.899. The van der Waals surface area contributed by atoms with Crippen molar-refractivity contribution in [2.75, 3.05) is 36.4 Å². The van der Waals surface area contributed by atoms with Gasteiger partial charge in [-0.05, 0) is 50.1 Å². The van der Waals surface area contributed by atoms with Gasteiger partial charge in [0.15, 0.2) is 0 Å². The number of halogens is 1. The molecule has 1 aliphatic rings. The summed E-state index contributed by atoms with van der Waals surface area (Å²) in [6.45, 7) is 6.82. The Bertz CT molecular complexity index is 892. The zero-order chi connectivity index (χ0) is 20.1. The van der Waals surface area contributed by atoms with Crippen LogP contribution < -0.4 is 10.2 Å². The van der Waals surface area contributed by atoms with Crippen molar-refractivity contribution in [2.45, 2.75) is 26.3 Å². The summed E-state index contributed by atoms with van der Waals surface area (Å²) in [5, 5.41) is 12.2. The lowest BCUT2D eigenvalue weighted by atomic mass is 10.1. The fourth-order valence-electron chi connectivity index (χ4n) is 3.54. The normalized spacial score (nSPS) is 16.1. The van der Waals surface area contributed by atoms with Crippen LogP contribution >= 0.6 is 0 Å². The van der Waals surface area contributed by atoms with Gasteiger partial charge in [0.05, 0.1) is 17.3 Å². The van der Waals surface area contributed by atoms with E-state index in [2.05, 4.69) is 21.2 Å². The molecule has 3 rings (SSSR count). The Morgan fingerprint density at radius 2 is 1.96 bits per heavy atom. The van der Waals surface area contributed by atoms with E-state index in [4.69, 9.17) is 0 Å². The molecule has 0 radical (unpaired) electrons. The molecule has 28 heavy (non-hydrogen) atoms. The highest BCUT2D eigenvalue weighted by Gasteiger charge is 2.25. The van der Waals surface area contributed by atoms with Gasteiger partial charge in [0.25, 0.3) is 0 Å². The van der Waals surface area contributed by atoms with Crippen LogP contribution in [-0.4, -0.2) is 43.0 Å². The number of para-hydroxylation sites is 1. The van der Waals surface area contributed by atoms with Gasteiger partial charge in [0.2, 0.25) is 5.91 Å². The molecule has 6 heteroatoms. The molecule has 0 saturated carbocycles. The van der Waals surface area contributed by atoms with Gasteiger partial charge < -0.3 is 10.2 Å². The number of carbonyl (C=O) groups is 1. The van der Waals surface area contributed by atoms with E-state index in [0.29, 0.717) is 11.3 Å². The summed E-state index contributed by atoms with van der Waals surface area (Å²) in [4.78, 5) is 17.1. The fourth-order valence-corrected chi connectivity index (χ4v) is 3.54. The highest BCUT2D eigenvalue weighted by atomic mass is 19.1. The standard InChI is InChI=1S/C22H25FN4O/c1-16-8-9-19(23)14-20(16)25-22(28)17(2)26-10-5-11-27(13-12-26)21-7-4-3-6-18(21)15-24/h3-4,6-9,14,17H,5,10-13H2,1-2H3,(H,25,28)/t17-/m1/s1. The van der Waals surface area contributed by atoms with Crippen LogP contribution in [0.2, 0.25) is 0 Å². The summed E-state index contributed by atoms with van der Waals surface area (Å²) >= 11 is 0. The van der Waals surface area contributed by atoms with Crippen LogP contribution in [0.15, 0.2) is 42.5 Å². The Labute approximate surface area is 165 Å². The topological polar surface area (TPSA) is 59.4 Å². The molecular weight excluding hydrogens is 355 g/mol. The van der Waals surface area contributed by atoms with Crippen LogP contribution in [0.25, 0.3) is 0 Å². The van der Waals surface area contributed by atoms with E-state index in [9.17, 15) is 14.4 Å². The number of anilines is 2. The number of benzene rings is 2. The molecule has 2 aromatic carbocycles. The summed E-state index contributed by atoms with van der Waals surface area (Å²) in [5.74, 6) is -0.505. The lowest BCUT2D eigenvalue weighted by molar-refractivity contribution is -0.120. The van der Waals surface area contributed by atoms with Crippen molar-refractivity contribution in [3.05, 3.63) is 59.4 Å². The molecule has 1 fully saturated rings. The predicted octanol–water partition coefficient (Wildman–Crippen LogP) is 3.55. The molecule has 1 saturated heterocycles. The third-order valence-electron chi connectivity index (χ3n) is 5.28. The van der Waals surface area contributed by atoms with Crippen molar-refractivity contribution < 1.29 is 9.18 Å². The number of hydrogen-bond donors (Lipinski definition) is 1. The van der Waals surface area contributed by atoms with Crippen molar-refractivity contribution in [1.29, 1.82) is 5.26 Å². The zero-order valence-electron chi connectivity index (χ0n) is 16.3. The summed E-state index contributed by atoms with van der Waals surface area (Å²) < 4.78 is 13.5. The van der Waals surface area contributed by atoms with Crippen LogP contribution in [-0.2, 0) is 4.79 Å². The Balaban J connectivity index is 1.65. The molecule has 0 aliphatic carbocycles. The van der Waals surface area contributed by atoms with Gasteiger partial charge in [0, 0.05) is 31.9 Å². The molecule has 2 aromatic rings. The maximum Gasteiger partial charge on any atom is 0.241 e. The van der Waals surface area contributed by atoms with Crippen molar-refractivity contribution in [3.63, 3.8) is 0 Å². The third-order valence-corrected chi connectivity index (χ3v) is 5.28. The Hall–Kier alpha value is -2.91. The number of aryl methyl sites for hydroxylation is 1. The number of rotatable bonds is 4. The fraction of sp³-hybridized carbons (Fsp3) is 0.364. The Kier molecular flexibility index (Phi) is 6.27. The first-order valence-electron chi connectivity index (χ1n) is 9.54. The maximum absolute atomic E-state index is 13.5. The molecular formula is C22H25FN4O. The van der Waals surface area contributed by atoms with Gasteiger partial charge in [-0.3, -0.25) is 9.69 Å². The smallest absolute Gasteiger partial charge is 0.241 e. The summed E-state index contributed by atoms with van der Waals surface area (Å²) in [6, 6.07) is 13.9. The second-order valence-electron chi connectivity index (χ2n) is 7.13. The van der Waals surface area contributed by atoms with E-state index >= 15 is 0 Å². The van der Waals surface area contributed by atoms with E-state index < -0.39 is 0 Å². The van der Waals surface area contributed by atoms with Crippen LogP contribution in [0.4, 0.5) is 15.8 Å². The quantitative estimate of drug-likeness (QED) is 0.881. The molecule has 0 aromatic heterocycles. The lowest BCUT2D eigenvalue weighted by Gasteiger charge is -2.28. The van der Waals surface area contributed by atoms with E-state index in [1.54, 1.807) is 6.07 Å². The number of amides is 1. The van der Waals surface area contributed by atoms with Gasteiger partial charge in [0.1, 0.15) is 11.9 Å². The Morgan fingerprint density at radius 3 is 2.75 bits per heavy atom. The first-order valence-corrected chi connectivity index (χ1v) is 9.54. The SMILES string of the molecule is Cc1ccc(F)cc1NC(=O)[C@@H](C)N1CCCN(c2ccccc2C#N)CC1. The van der Waals surface area contributed by atoms with Gasteiger partial charge in [-0.2, -0.15) is 5.26 Å².